The fourth-order valence-electron chi connectivity index (χ4n) is 5.17. The van der Waals surface area contributed by atoms with Crippen LogP contribution in [0.15, 0.2) is 97.1 Å². The number of para-hydroxylation sites is 1. The predicted octanol–water partition coefficient (Wildman–Crippen LogP) is 7.05. The van der Waals surface area contributed by atoms with E-state index in [1.54, 1.807) is 0 Å². The van der Waals surface area contributed by atoms with Crippen molar-refractivity contribution in [2.75, 3.05) is 0 Å². The SMILES string of the molecule is Cc1ccc2c3ccccc3c3c(c2c1C)[n+](C)c(-c1ccccc1)n3-c1ccccc1. The second kappa shape index (κ2) is 7.06. The van der Waals surface area contributed by atoms with Crippen molar-refractivity contribution in [3.63, 3.8) is 0 Å². The molecule has 0 N–H and O–H groups in total. The second-order valence-corrected chi connectivity index (χ2v) is 8.59. The van der Waals surface area contributed by atoms with E-state index in [1.807, 2.05) is 0 Å². The highest BCUT2D eigenvalue weighted by atomic mass is 15.2. The maximum atomic E-state index is 2.44. The Bertz CT molecular complexity index is 1620. The summed E-state index contributed by atoms with van der Waals surface area (Å²) in [5.41, 5.74) is 7.59. The summed E-state index contributed by atoms with van der Waals surface area (Å²) in [4.78, 5) is 0. The first-order valence-corrected chi connectivity index (χ1v) is 11.1. The summed E-state index contributed by atoms with van der Waals surface area (Å²) >= 11 is 0. The van der Waals surface area contributed by atoms with Crippen LogP contribution in [0.3, 0.4) is 0 Å². The van der Waals surface area contributed by atoms with Gasteiger partial charge in [-0.15, -0.1) is 0 Å². The minimum Gasteiger partial charge on any atom is -0.225 e. The molecule has 0 unspecified atom stereocenters. The van der Waals surface area contributed by atoms with Crippen LogP contribution in [-0.2, 0) is 7.05 Å². The molecular formula is C30H25N2+. The molecule has 1 aromatic heterocycles. The predicted molar refractivity (Wildman–Crippen MR) is 134 cm³/mol. The van der Waals surface area contributed by atoms with E-state index in [4.69, 9.17) is 0 Å². The van der Waals surface area contributed by atoms with Crippen LogP contribution in [0.2, 0.25) is 0 Å². The van der Waals surface area contributed by atoms with Gasteiger partial charge in [-0.05, 0) is 66.1 Å². The van der Waals surface area contributed by atoms with Crippen molar-refractivity contribution in [1.82, 2.24) is 4.57 Å². The van der Waals surface area contributed by atoms with Gasteiger partial charge in [0.2, 0.25) is 0 Å². The number of hydrogen-bond acceptors (Lipinski definition) is 0. The maximum absolute atomic E-state index is 2.44. The summed E-state index contributed by atoms with van der Waals surface area (Å²) in [5.74, 6) is 1.19. The molecule has 0 bridgehead atoms. The molecule has 5 aromatic carbocycles. The molecule has 0 aliphatic rings. The largest absolute Gasteiger partial charge is 0.294 e. The van der Waals surface area contributed by atoms with E-state index in [2.05, 4.69) is 127 Å². The van der Waals surface area contributed by atoms with Crippen LogP contribution in [0.25, 0.3) is 49.7 Å². The van der Waals surface area contributed by atoms with Gasteiger partial charge in [0.25, 0.3) is 5.82 Å². The Hall–Kier alpha value is -3.91. The van der Waals surface area contributed by atoms with E-state index in [9.17, 15) is 0 Å². The fourth-order valence-corrected chi connectivity index (χ4v) is 5.17. The Morgan fingerprint density at radius 1 is 0.625 bits per heavy atom. The summed E-state index contributed by atoms with van der Waals surface area (Å²) in [5, 5.41) is 5.23. The molecule has 1 heterocycles. The van der Waals surface area contributed by atoms with Crippen LogP contribution >= 0.6 is 0 Å². The number of aryl methyl sites for hydroxylation is 3. The number of benzene rings is 5. The third kappa shape index (κ3) is 2.56. The van der Waals surface area contributed by atoms with E-state index in [0.717, 1.165) is 0 Å². The normalized spacial score (nSPS) is 11.6. The van der Waals surface area contributed by atoms with Crippen molar-refractivity contribution in [3.05, 3.63) is 108 Å². The molecule has 0 saturated carbocycles. The average Bonchev–Trinajstić information content (AvgIpc) is 3.15. The van der Waals surface area contributed by atoms with Gasteiger partial charge in [0.05, 0.1) is 12.6 Å². The zero-order valence-corrected chi connectivity index (χ0v) is 18.6. The highest BCUT2D eigenvalue weighted by molar-refractivity contribution is 6.24. The van der Waals surface area contributed by atoms with Gasteiger partial charge in [-0.1, -0.05) is 66.7 Å². The molecule has 154 valence electrons. The van der Waals surface area contributed by atoms with Gasteiger partial charge in [0, 0.05) is 10.8 Å². The van der Waals surface area contributed by atoms with Crippen LogP contribution in [0.5, 0.6) is 0 Å². The molecule has 0 aliphatic heterocycles. The molecule has 0 saturated heterocycles. The summed E-state index contributed by atoms with van der Waals surface area (Å²) in [6.45, 7) is 4.47. The van der Waals surface area contributed by atoms with Gasteiger partial charge in [0.15, 0.2) is 11.0 Å². The van der Waals surface area contributed by atoms with Crippen LogP contribution in [-0.4, -0.2) is 4.57 Å². The molecule has 0 aliphatic carbocycles. The second-order valence-electron chi connectivity index (χ2n) is 8.59. The lowest BCUT2D eigenvalue weighted by Gasteiger charge is -2.10. The quantitative estimate of drug-likeness (QED) is 0.212. The molecular weight excluding hydrogens is 388 g/mol. The third-order valence-corrected chi connectivity index (χ3v) is 6.80. The lowest BCUT2D eigenvalue weighted by molar-refractivity contribution is -0.633. The Morgan fingerprint density at radius 3 is 1.97 bits per heavy atom. The highest BCUT2D eigenvalue weighted by Gasteiger charge is 2.30. The summed E-state index contributed by atoms with van der Waals surface area (Å²) in [6, 6.07) is 34.8. The zero-order valence-electron chi connectivity index (χ0n) is 18.6. The molecule has 0 fully saturated rings. The number of nitrogens with zero attached hydrogens (tertiary/aromatic N) is 2. The van der Waals surface area contributed by atoms with E-state index < -0.39 is 0 Å². The molecule has 32 heavy (non-hydrogen) atoms. The van der Waals surface area contributed by atoms with Crippen molar-refractivity contribution >= 4 is 32.6 Å². The van der Waals surface area contributed by atoms with Gasteiger partial charge in [-0.2, -0.15) is 4.57 Å². The lowest BCUT2D eigenvalue weighted by atomic mass is 9.94. The lowest BCUT2D eigenvalue weighted by Crippen LogP contribution is -2.30. The van der Waals surface area contributed by atoms with Crippen LogP contribution in [0, 0.1) is 13.8 Å². The first kappa shape index (κ1) is 18.8. The molecule has 2 heteroatoms. The molecule has 2 nitrogen and oxygen atoms in total. The Balaban J connectivity index is 1.97. The van der Waals surface area contributed by atoms with Crippen LogP contribution < -0.4 is 4.57 Å². The topological polar surface area (TPSA) is 8.81 Å². The van der Waals surface area contributed by atoms with Gasteiger partial charge in [-0.25, -0.2) is 4.57 Å². The van der Waals surface area contributed by atoms with Gasteiger partial charge < -0.3 is 0 Å². The van der Waals surface area contributed by atoms with E-state index >= 15 is 0 Å². The third-order valence-electron chi connectivity index (χ3n) is 6.80. The number of aromatic nitrogens is 2. The number of fused-ring (bicyclic) bond motifs is 6. The summed E-state index contributed by atoms with van der Waals surface area (Å²) < 4.78 is 4.83. The summed E-state index contributed by atoms with van der Waals surface area (Å²) in [7, 11) is 2.21. The number of rotatable bonds is 2. The summed E-state index contributed by atoms with van der Waals surface area (Å²) in [6.07, 6.45) is 0. The van der Waals surface area contributed by atoms with Crippen molar-refractivity contribution in [2.45, 2.75) is 13.8 Å². The van der Waals surface area contributed by atoms with Crippen LogP contribution in [0.1, 0.15) is 11.1 Å². The number of hydrogen-bond donors (Lipinski definition) is 0. The Labute approximate surface area is 188 Å². The maximum Gasteiger partial charge on any atom is 0.294 e. The van der Waals surface area contributed by atoms with Crippen LogP contribution in [0.4, 0.5) is 0 Å². The Kier molecular flexibility index (Phi) is 4.16. The minimum atomic E-state index is 1.17. The van der Waals surface area contributed by atoms with E-state index in [0.29, 0.717) is 0 Å². The molecule has 6 aromatic rings. The van der Waals surface area contributed by atoms with Crippen molar-refractivity contribution in [3.8, 4) is 17.1 Å². The molecule has 6 rings (SSSR count). The average molecular weight is 414 g/mol. The van der Waals surface area contributed by atoms with Crippen molar-refractivity contribution < 1.29 is 4.57 Å². The van der Waals surface area contributed by atoms with E-state index in [-0.39, 0.29) is 0 Å². The van der Waals surface area contributed by atoms with Crippen molar-refractivity contribution in [2.24, 2.45) is 7.05 Å². The smallest absolute Gasteiger partial charge is 0.225 e. The van der Waals surface area contributed by atoms with Crippen molar-refractivity contribution in [1.29, 1.82) is 0 Å². The first-order valence-electron chi connectivity index (χ1n) is 11.1. The minimum absolute atomic E-state index is 1.17. The fraction of sp³-hybridized carbons (Fsp3) is 0.100. The van der Waals surface area contributed by atoms with Gasteiger partial charge >= 0.3 is 0 Å². The monoisotopic (exact) mass is 413 g/mol. The number of imidazole rings is 1. The first-order chi connectivity index (χ1) is 15.7. The highest BCUT2D eigenvalue weighted by Crippen LogP contribution is 2.39. The Morgan fingerprint density at radius 2 is 1.25 bits per heavy atom. The zero-order chi connectivity index (χ0) is 21.8. The van der Waals surface area contributed by atoms with E-state index in [1.165, 1.54) is 60.8 Å². The molecule has 0 amide bonds. The molecule has 0 radical (unpaired) electrons. The van der Waals surface area contributed by atoms with Gasteiger partial charge in [-0.3, -0.25) is 0 Å². The standard InChI is InChI=1S/C30H25N2/c1-20-18-19-25-24-16-10-11-17-26(24)28-29(27(25)21(20)2)31(3)30(22-12-6-4-7-13-22)32(28)23-14-8-5-9-15-23/h4-19H,1-3H3/q+1. The molecule has 0 spiro atoms. The van der Waals surface area contributed by atoms with Gasteiger partial charge in [0.1, 0.15) is 5.69 Å². The molecule has 0 atom stereocenters.